The molecule has 0 amide bonds. The van der Waals surface area contributed by atoms with E-state index >= 15 is 0 Å². The summed E-state index contributed by atoms with van der Waals surface area (Å²) in [5.41, 5.74) is 9.89. The van der Waals surface area contributed by atoms with Crippen LogP contribution in [0.2, 0.25) is 0 Å². The Morgan fingerprint density at radius 3 is 2.38 bits per heavy atom. The third kappa shape index (κ3) is 4.21. The van der Waals surface area contributed by atoms with Crippen molar-refractivity contribution in [1.82, 2.24) is 0 Å². The van der Waals surface area contributed by atoms with Crippen molar-refractivity contribution in [1.29, 1.82) is 0 Å². The first-order chi connectivity index (χ1) is 9.89. The molecular weight excluding hydrogens is 256 g/mol. The fraction of sp³-hybridized carbons (Fsp3) is 0.474. The molecular formula is C19H28N2. The van der Waals surface area contributed by atoms with E-state index in [9.17, 15) is 0 Å². The van der Waals surface area contributed by atoms with Crippen molar-refractivity contribution in [2.75, 3.05) is 5.32 Å². The molecule has 3 N–H and O–H groups in total. The summed E-state index contributed by atoms with van der Waals surface area (Å²) >= 11 is 0. The largest absolute Gasteiger partial charge is 0.356 e. The van der Waals surface area contributed by atoms with Crippen LogP contribution >= 0.6 is 0 Å². The molecule has 1 aliphatic rings. The zero-order valence-corrected chi connectivity index (χ0v) is 13.7. The second-order valence-electron chi connectivity index (χ2n) is 6.83. The lowest BCUT2D eigenvalue weighted by Gasteiger charge is -2.35. The van der Waals surface area contributed by atoms with Gasteiger partial charge in [0.25, 0.3) is 0 Å². The quantitative estimate of drug-likeness (QED) is 0.827. The van der Waals surface area contributed by atoms with Gasteiger partial charge in [-0.1, -0.05) is 50.6 Å². The second-order valence-corrected chi connectivity index (χ2v) is 6.83. The highest BCUT2D eigenvalue weighted by Crippen LogP contribution is 2.30. The molecule has 2 nitrogen and oxygen atoms in total. The Morgan fingerprint density at radius 2 is 1.86 bits per heavy atom. The molecule has 2 rings (SSSR count). The smallest absolute Gasteiger partial charge is 0.0404 e. The predicted octanol–water partition coefficient (Wildman–Crippen LogP) is 4.63. The van der Waals surface area contributed by atoms with E-state index in [0.29, 0.717) is 11.8 Å². The number of anilines is 1. The third-order valence-electron chi connectivity index (χ3n) is 4.33. The summed E-state index contributed by atoms with van der Waals surface area (Å²) in [4.78, 5) is 0. The Balaban J connectivity index is 1.99. The predicted molar refractivity (Wildman–Crippen MR) is 92.2 cm³/mol. The molecule has 0 saturated heterocycles. The molecule has 1 aromatic carbocycles. The number of hydrogen-bond donors (Lipinski definition) is 2. The van der Waals surface area contributed by atoms with E-state index in [1.54, 1.807) is 0 Å². The molecule has 0 fully saturated rings. The van der Waals surface area contributed by atoms with Crippen LogP contribution in [0.25, 0.3) is 0 Å². The molecule has 21 heavy (non-hydrogen) atoms. The Kier molecular flexibility index (Phi) is 4.89. The van der Waals surface area contributed by atoms with Crippen molar-refractivity contribution < 1.29 is 0 Å². The SMILES string of the molecule is Cc1ccc(NC2=CCC(N)(C(C)CC(C)C)C=C2)cc1. The molecule has 2 heteroatoms. The number of rotatable bonds is 5. The number of nitrogens with one attached hydrogen (secondary N) is 1. The van der Waals surface area contributed by atoms with Gasteiger partial charge in [-0.05, 0) is 49.8 Å². The van der Waals surface area contributed by atoms with E-state index in [4.69, 9.17) is 5.73 Å². The lowest BCUT2D eigenvalue weighted by Crippen LogP contribution is -2.45. The van der Waals surface area contributed by atoms with Crippen molar-refractivity contribution in [3.8, 4) is 0 Å². The monoisotopic (exact) mass is 284 g/mol. The maximum absolute atomic E-state index is 6.57. The lowest BCUT2D eigenvalue weighted by molar-refractivity contribution is 0.303. The van der Waals surface area contributed by atoms with Gasteiger partial charge in [0.2, 0.25) is 0 Å². The van der Waals surface area contributed by atoms with E-state index in [1.807, 2.05) is 0 Å². The summed E-state index contributed by atoms with van der Waals surface area (Å²) in [6.45, 7) is 8.87. The Morgan fingerprint density at radius 1 is 1.19 bits per heavy atom. The summed E-state index contributed by atoms with van der Waals surface area (Å²) in [5, 5.41) is 3.44. The molecule has 114 valence electrons. The minimum atomic E-state index is -0.206. The van der Waals surface area contributed by atoms with Crippen molar-refractivity contribution in [2.24, 2.45) is 17.6 Å². The molecule has 0 radical (unpaired) electrons. The average molecular weight is 284 g/mol. The van der Waals surface area contributed by atoms with E-state index in [1.165, 1.54) is 5.56 Å². The molecule has 1 aromatic rings. The van der Waals surface area contributed by atoms with Crippen LogP contribution in [0, 0.1) is 18.8 Å². The lowest BCUT2D eigenvalue weighted by atomic mass is 9.76. The molecule has 0 aromatic heterocycles. The summed E-state index contributed by atoms with van der Waals surface area (Å²) in [6, 6.07) is 8.45. The Hall–Kier alpha value is -1.54. The number of allylic oxidation sites excluding steroid dienone is 1. The van der Waals surface area contributed by atoms with E-state index < -0.39 is 0 Å². The normalized spacial score (nSPS) is 23.0. The standard InChI is InChI=1S/C19H28N2/c1-14(2)13-16(4)19(20)11-9-18(10-12-19)21-17-7-5-15(3)6-8-17/h5-11,14,16,21H,12-13,20H2,1-4H3. The van der Waals surface area contributed by atoms with Crippen LogP contribution in [-0.2, 0) is 0 Å². The van der Waals surface area contributed by atoms with Gasteiger partial charge < -0.3 is 11.1 Å². The fourth-order valence-electron chi connectivity index (χ4n) is 2.86. The summed E-state index contributed by atoms with van der Waals surface area (Å²) in [5.74, 6) is 1.18. The Bertz CT molecular complexity index is 525. The zero-order valence-electron chi connectivity index (χ0n) is 13.7. The van der Waals surface area contributed by atoms with Gasteiger partial charge in [-0.25, -0.2) is 0 Å². The van der Waals surface area contributed by atoms with Crippen LogP contribution in [0.15, 0.2) is 48.2 Å². The first-order valence-corrected chi connectivity index (χ1v) is 7.91. The van der Waals surface area contributed by atoms with Crippen LogP contribution in [0.4, 0.5) is 5.69 Å². The minimum absolute atomic E-state index is 0.206. The van der Waals surface area contributed by atoms with Gasteiger partial charge >= 0.3 is 0 Å². The minimum Gasteiger partial charge on any atom is -0.356 e. The topological polar surface area (TPSA) is 38.0 Å². The van der Waals surface area contributed by atoms with E-state index in [2.05, 4.69) is 75.5 Å². The molecule has 0 saturated carbocycles. The highest BCUT2D eigenvalue weighted by atomic mass is 14.9. The van der Waals surface area contributed by atoms with Crippen LogP contribution in [0.3, 0.4) is 0 Å². The fourth-order valence-corrected chi connectivity index (χ4v) is 2.86. The Labute approximate surface area is 129 Å². The highest BCUT2D eigenvalue weighted by Gasteiger charge is 2.30. The third-order valence-corrected chi connectivity index (χ3v) is 4.33. The molecule has 0 bridgehead atoms. The number of nitrogens with two attached hydrogens (primary N) is 1. The number of aryl methyl sites for hydroxylation is 1. The summed E-state index contributed by atoms with van der Waals surface area (Å²) in [7, 11) is 0. The second kappa shape index (κ2) is 6.48. The molecule has 0 spiro atoms. The van der Waals surface area contributed by atoms with Crippen LogP contribution in [0.5, 0.6) is 0 Å². The maximum Gasteiger partial charge on any atom is 0.0404 e. The van der Waals surface area contributed by atoms with Gasteiger partial charge in [0.1, 0.15) is 0 Å². The maximum atomic E-state index is 6.57. The zero-order chi connectivity index (χ0) is 15.5. The van der Waals surface area contributed by atoms with Crippen molar-refractivity contribution in [3.63, 3.8) is 0 Å². The van der Waals surface area contributed by atoms with Gasteiger partial charge in [-0.3, -0.25) is 0 Å². The van der Waals surface area contributed by atoms with Gasteiger partial charge in [-0.15, -0.1) is 0 Å². The highest BCUT2D eigenvalue weighted by molar-refractivity contribution is 5.52. The first-order valence-electron chi connectivity index (χ1n) is 7.91. The van der Waals surface area contributed by atoms with Crippen molar-refractivity contribution in [2.45, 2.75) is 46.1 Å². The number of benzene rings is 1. The van der Waals surface area contributed by atoms with Crippen LogP contribution < -0.4 is 11.1 Å². The first kappa shape index (κ1) is 15.8. The van der Waals surface area contributed by atoms with Gasteiger partial charge in [0, 0.05) is 16.9 Å². The van der Waals surface area contributed by atoms with Gasteiger partial charge in [0.15, 0.2) is 0 Å². The molecule has 2 atom stereocenters. The van der Waals surface area contributed by atoms with E-state index in [-0.39, 0.29) is 5.54 Å². The molecule has 0 aliphatic heterocycles. The van der Waals surface area contributed by atoms with Crippen LogP contribution in [0.1, 0.15) is 39.2 Å². The molecule has 0 heterocycles. The van der Waals surface area contributed by atoms with E-state index in [0.717, 1.165) is 24.2 Å². The van der Waals surface area contributed by atoms with Crippen LogP contribution in [-0.4, -0.2) is 5.54 Å². The van der Waals surface area contributed by atoms with Crippen molar-refractivity contribution in [3.05, 3.63) is 53.8 Å². The molecule has 2 unspecified atom stereocenters. The summed E-state index contributed by atoms with van der Waals surface area (Å²) in [6.07, 6.45) is 8.58. The summed E-state index contributed by atoms with van der Waals surface area (Å²) < 4.78 is 0. The van der Waals surface area contributed by atoms with Gasteiger partial charge in [0.05, 0.1) is 0 Å². The van der Waals surface area contributed by atoms with Crippen molar-refractivity contribution >= 4 is 5.69 Å². The van der Waals surface area contributed by atoms with Gasteiger partial charge in [-0.2, -0.15) is 0 Å². The average Bonchev–Trinajstić information content (AvgIpc) is 2.43. The number of hydrogen-bond acceptors (Lipinski definition) is 2. The molecule has 1 aliphatic carbocycles.